The molecule has 1 atom stereocenters. The first kappa shape index (κ1) is 12.0. The molecule has 0 amide bonds. The van der Waals surface area contributed by atoms with Gasteiger partial charge in [-0.3, -0.25) is 0 Å². The van der Waals surface area contributed by atoms with Gasteiger partial charge in [-0.25, -0.2) is 0 Å². The first-order valence-electron chi connectivity index (χ1n) is 4.38. The largest absolute Gasteiger partial charge is 0.392 e. The molecule has 1 aromatic carbocycles. The number of aliphatic hydroxyl groups is 1. The van der Waals surface area contributed by atoms with E-state index in [-0.39, 0.29) is 6.10 Å². The van der Waals surface area contributed by atoms with Gasteiger partial charge < -0.3 is 10.4 Å². The van der Waals surface area contributed by atoms with Crippen molar-refractivity contribution in [3.05, 3.63) is 26.6 Å². The van der Waals surface area contributed by atoms with E-state index in [2.05, 4.69) is 37.2 Å². The molecule has 0 aliphatic rings. The van der Waals surface area contributed by atoms with Crippen LogP contribution in [0.2, 0.25) is 0 Å². The molecule has 2 nitrogen and oxygen atoms in total. The summed E-state index contributed by atoms with van der Waals surface area (Å²) in [5.41, 5.74) is 2.17. The van der Waals surface area contributed by atoms with Crippen molar-refractivity contribution in [2.45, 2.75) is 20.0 Å². The molecule has 78 valence electrons. The molecule has 0 aliphatic carbocycles. The summed E-state index contributed by atoms with van der Waals surface area (Å²) < 4.78 is 2.01. The van der Waals surface area contributed by atoms with Crippen LogP contribution in [0.4, 0.5) is 5.69 Å². The van der Waals surface area contributed by atoms with Crippen molar-refractivity contribution < 1.29 is 5.11 Å². The summed E-state index contributed by atoms with van der Waals surface area (Å²) in [4.78, 5) is 0. The zero-order valence-corrected chi connectivity index (χ0v) is 11.3. The highest BCUT2D eigenvalue weighted by Crippen LogP contribution is 2.32. The van der Waals surface area contributed by atoms with Gasteiger partial charge in [0.05, 0.1) is 11.8 Å². The summed E-state index contributed by atoms with van der Waals surface area (Å²) in [7, 11) is 0. The van der Waals surface area contributed by atoms with E-state index in [4.69, 9.17) is 5.11 Å². The number of aryl methyl sites for hydroxylation is 1. The third-order valence-corrected chi connectivity index (χ3v) is 3.01. The SMILES string of the molecule is Cc1cc(Br)c(NC[C@H](C)O)c(Br)c1. The predicted molar refractivity (Wildman–Crippen MR) is 66.7 cm³/mol. The first-order valence-corrected chi connectivity index (χ1v) is 5.97. The van der Waals surface area contributed by atoms with Crippen molar-refractivity contribution in [1.29, 1.82) is 0 Å². The Labute approximate surface area is 101 Å². The van der Waals surface area contributed by atoms with Gasteiger partial charge in [-0.1, -0.05) is 0 Å². The molecule has 0 heterocycles. The Morgan fingerprint density at radius 3 is 2.29 bits per heavy atom. The second-order valence-corrected chi connectivity index (χ2v) is 5.04. The molecular formula is C10H13Br2NO. The predicted octanol–water partition coefficient (Wildman–Crippen LogP) is 3.31. The Bertz CT molecular complexity index is 303. The second kappa shape index (κ2) is 5.14. The monoisotopic (exact) mass is 321 g/mol. The third kappa shape index (κ3) is 3.26. The summed E-state index contributed by atoms with van der Waals surface area (Å²) >= 11 is 6.95. The van der Waals surface area contributed by atoms with Gasteiger partial charge >= 0.3 is 0 Å². The molecule has 0 fully saturated rings. The van der Waals surface area contributed by atoms with Crippen molar-refractivity contribution in [2.24, 2.45) is 0 Å². The summed E-state index contributed by atoms with van der Waals surface area (Å²) in [6, 6.07) is 4.07. The standard InChI is InChI=1S/C10H13Br2NO/c1-6-3-8(11)10(9(12)4-6)13-5-7(2)14/h3-4,7,13-14H,5H2,1-2H3/t7-/m0/s1. The van der Waals surface area contributed by atoms with E-state index in [1.165, 1.54) is 5.56 Å². The highest BCUT2D eigenvalue weighted by Gasteiger charge is 2.06. The number of halogens is 2. The smallest absolute Gasteiger partial charge is 0.0684 e. The minimum absolute atomic E-state index is 0.352. The van der Waals surface area contributed by atoms with Gasteiger partial charge in [-0.05, 0) is 63.4 Å². The van der Waals surface area contributed by atoms with Crippen LogP contribution in [0.15, 0.2) is 21.1 Å². The maximum Gasteiger partial charge on any atom is 0.0684 e. The molecular weight excluding hydrogens is 310 g/mol. The van der Waals surface area contributed by atoms with Crippen molar-refractivity contribution in [3.63, 3.8) is 0 Å². The fraction of sp³-hybridized carbons (Fsp3) is 0.400. The number of rotatable bonds is 3. The molecule has 0 bridgehead atoms. The van der Waals surface area contributed by atoms with E-state index in [0.29, 0.717) is 6.54 Å². The number of anilines is 1. The van der Waals surface area contributed by atoms with Gasteiger partial charge in [0.25, 0.3) is 0 Å². The molecule has 2 N–H and O–H groups in total. The van der Waals surface area contributed by atoms with Crippen LogP contribution in [0.5, 0.6) is 0 Å². The van der Waals surface area contributed by atoms with E-state index in [1.807, 2.05) is 19.1 Å². The summed E-state index contributed by atoms with van der Waals surface area (Å²) in [6.45, 7) is 4.33. The second-order valence-electron chi connectivity index (χ2n) is 3.33. The van der Waals surface area contributed by atoms with E-state index in [0.717, 1.165) is 14.6 Å². The molecule has 0 saturated carbocycles. The average Bonchev–Trinajstić information content (AvgIpc) is 2.01. The van der Waals surface area contributed by atoms with Gasteiger partial charge in [0.1, 0.15) is 0 Å². The quantitative estimate of drug-likeness (QED) is 0.894. The Balaban J connectivity index is 2.86. The van der Waals surface area contributed by atoms with Crippen LogP contribution in [-0.4, -0.2) is 17.8 Å². The van der Waals surface area contributed by atoms with Crippen LogP contribution in [0.1, 0.15) is 12.5 Å². The van der Waals surface area contributed by atoms with E-state index >= 15 is 0 Å². The molecule has 0 unspecified atom stereocenters. The van der Waals surface area contributed by atoms with Crippen LogP contribution < -0.4 is 5.32 Å². The summed E-state index contributed by atoms with van der Waals surface area (Å²) in [5.74, 6) is 0. The lowest BCUT2D eigenvalue weighted by Gasteiger charge is -2.12. The van der Waals surface area contributed by atoms with Crippen molar-refractivity contribution in [1.82, 2.24) is 0 Å². The summed E-state index contributed by atoms with van der Waals surface area (Å²) in [5, 5.41) is 12.3. The van der Waals surface area contributed by atoms with Crippen LogP contribution in [0.25, 0.3) is 0 Å². The minimum Gasteiger partial charge on any atom is -0.392 e. The molecule has 14 heavy (non-hydrogen) atoms. The van der Waals surface area contributed by atoms with Gasteiger partial charge in [0.2, 0.25) is 0 Å². The van der Waals surface area contributed by atoms with Crippen molar-refractivity contribution in [2.75, 3.05) is 11.9 Å². The van der Waals surface area contributed by atoms with Crippen LogP contribution in [-0.2, 0) is 0 Å². The molecule has 0 radical (unpaired) electrons. The fourth-order valence-corrected chi connectivity index (χ4v) is 2.81. The highest BCUT2D eigenvalue weighted by molar-refractivity contribution is 9.11. The number of nitrogens with one attached hydrogen (secondary N) is 1. The number of aliphatic hydroxyl groups excluding tert-OH is 1. The Morgan fingerprint density at radius 1 is 1.36 bits per heavy atom. The molecule has 1 aromatic rings. The lowest BCUT2D eigenvalue weighted by atomic mass is 10.2. The highest BCUT2D eigenvalue weighted by atomic mass is 79.9. The zero-order chi connectivity index (χ0) is 10.7. The molecule has 4 heteroatoms. The lowest BCUT2D eigenvalue weighted by molar-refractivity contribution is 0.208. The maximum absolute atomic E-state index is 9.16. The minimum atomic E-state index is -0.352. The molecule has 0 aromatic heterocycles. The van der Waals surface area contributed by atoms with Gasteiger partial charge in [0.15, 0.2) is 0 Å². The van der Waals surface area contributed by atoms with Crippen LogP contribution >= 0.6 is 31.9 Å². The first-order chi connectivity index (χ1) is 6.50. The maximum atomic E-state index is 9.16. The van der Waals surface area contributed by atoms with Crippen molar-refractivity contribution in [3.8, 4) is 0 Å². The van der Waals surface area contributed by atoms with E-state index in [9.17, 15) is 0 Å². The fourth-order valence-electron chi connectivity index (χ4n) is 1.12. The Kier molecular flexibility index (Phi) is 4.41. The topological polar surface area (TPSA) is 32.3 Å². The molecule has 0 aliphatic heterocycles. The van der Waals surface area contributed by atoms with E-state index in [1.54, 1.807) is 6.92 Å². The average molecular weight is 323 g/mol. The zero-order valence-electron chi connectivity index (χ0n) is 8.14. The Hall–Kier alpha value is -0.0600. The van der Waals surface area contributed by atoms with Crippen LogP contribution in [0, 0.1) is 6.92 Å². The van der Waals surface area contributed by atoms with Crippen LogP contribution in [0.3, 0.4) is 0 Å². The molecule has 1 rings (SSSR count). The number of hydrogen-bond donors (Lipinski definition) is 2. The van der Waals surface area contributed by atoms with Gasteiger partial charge in [-0.15, -0.1) is 0 Å². The number of hydrogen-bond acceptors (Lipinski definition) is 2. The van der Waals surface area contributed by atoms with E-state index < -0.39 is 0 Å². The van der Waals surface area contributed by atoms with Gasteiger partial charge in [0, 0.05) is 15.5 Å². The molecule has 0 saturated heterocycles. The third-order valence-electron chi connectivity index (χ3n) is 1.76. The molecule has 0 spiro atoms. The number of benzene rings is 1. The normalized spacial score (nSPS) is 12.6. The Morgan fingerprint density at radius 2 is 1.86 bits per heavy atom. The lowest BCUT2D eigenvalue weighted by Crippen LogP contribution is -2.15. The van der Waals surface area contributed by atoms with Crippen molar-refractivity contribution >= 4 is 37.5 Å². The summed E-state index contributed by atoms with van der Waals surface area (Å²) in [6.07, 6.45) is -0.352. The van der Waals surface area contributed by atoms with Gasteiger partial charge in [-0.2, -0.15) is 0 Å².